The lowest BCUT2D eigenvalue weighted by molar-refractivity contribution is -0.129. The van der Waals surface area contributed by atoms with Crippen LogP contribution in [0.5, 0.6) is 0 Å². The molecule has 7 nitrogen and oxygen atoms in total. The van der Waals surface area contributed by atoms with Gasteiger partial charge in [-0.2, -0.15) is 0 Å². The molecule has 0 saturated heterocycles. The van der Waals surface area contributed by atoms with Crippen LogP contribution in [0, 0.1) is 0 Å². The van der Waals surface area contributed by atoms with Crippen LogP contribution in [0.3, 0.4) is 0 Å². The van der Waals surface area contributed by atoms with Gasteiger partial charge in [0.25, 0.3) is 5.91 Å². The molecular formula is C16H22N2O5S. The molecule has 0 spiro atoms. The monoisotopic (exact) mass is 354 g/mol. The normalized spacial score (nSPS) is 12.5. The summed E-state index contributed by atoms with van der Waals surface area (Å²) in [7, 11) is -3.65. The van der Waals surface area contributed by atoms with Crippen LogP contribution in [-0.4, -0.2) is 39.0 Å². The topological polar surface area (TPSA) is 102 Å². The predicted molar refractivity (Wildman–Crippen MR) is 90.0 cm³/mol. The predicted octanol–water partition coefficient (Wildman–Crippen LogP) is 1.22. The number of nitrogens with one attached hydrogen (secondary N) is 2. The quantitative estimate of drug-likeness (QED) is 0.540. The number of carbonyl (C=O) groups excluding carboxylic acids is 2. The standard InChI is InChI=1S/C16H22N2O5S/c1-5-10-17-24(21,22)14-8-6-13(7-9-14)16(20)23-12(4)15(19)18-11(2)3/h5-9,11-12,17H,1,10H2,2-4H3,(H,18,19)/t12-/m1/s1. The molecule has 0 aliphatic heterocycles. The molecule has 1 amide bonds. The lowest BCUT2D eigenvalue weighted by Gasteiger charge is -2.15. The summed E-state index contributed by atoms with van der Waals surface area (Å²) in [5.41, 5.74) is 0.155. The van der Waals surface area contributed by atoms with Gasteiger partial charge in [-0.05, 0) is 45.0 Å². The first-order valence-corrected chi connectivity index (χ1v) is 8.87. The Morgan fingerprint density at radius 2 is 1.79 bits per heavy atom. The van der Waals surface area contributed by atoms with Crippen molar-refractivity contribution >= 4 is 21.9 Å². The molecule has 132 valence electrons. The van der Waals surface area contributed by atoms with Gasteiger partial charge in [0.1, 0.15) is 0 Å². The summed E-state index contributed by atoms with van der Waals surface area (Å²) in [5, 5.41) is 2.64. The molecule has 1 rings (SSSR count). The summed E-state index contributed by atoms with van der Waals surface area (Å²) in [6.07, 6.45) is 0.477. The Bertz CT molecular complexity index is 696. The maximum atomic E-state index is 12.0. The summed E-state index contributed by atoms with van der Waals surface area (Å²) >= 11 is 0. The van der Waals surface area contributed by atoms with Gasteiger partial charge in [-0.15, -0.1) is 6.58 Å². The van der Waals surface area contributed by atoms with E-state index in [2.05, 4.69) is 16.6 Å². The number of carbonyl (C=O) groups is 2. The first-order chi connectivity index (χ1) is 11.2. The summed E-state index contributed by atoms with van der Waals surface area (Å²) in [6.45, 7) is 8.60. The molecule has 1 atom stereocenters. The molecule has 2 N–H and O–H groups in total. The molecular weight excluding hydrogens is 332 g/mol. The minimum Gasteiger partial charge on any atom is -0.449 e. The Hall–Kier alpha value is -2.19. The number of hydrogen-bond acceptors (Lipinski definition) is 5. The third-order valence-corrected chi connectivity index (χ3v) is 4.34. The zero-order valence-electron chi connectivity index (χ0n) is 13.9. The van der Waals surface area contributed by atoms with Gasteiger partial charge in [-0.3, -0.25) is 4.79 Å². The smallest absolute Gasteiger partial charge is 0.338 e. The fraction of sp³-hybridized carbons (Fsp3) is 0.375. The van der Waals surface area contributed by atoms with Gasteiger partial charge >= 0.3 is 5.97 Å². The minimum atomic E-state index is -3.65. The average molecular weight is 354 g/mol. The van der Waals surface area contributed by atoms with Crippen LogP contribution in [0.2, 0.25) is 0 Å². The second-order valence-electron chi connectivity index (χ2n) is 5.38. The van der Waals surface area contributed by atoms with E-state index in [1.54, 1.807) is 13.8 Å². The third-order valence-electron chi connectivity index (χ3n) is 2.90. The Morgan fingerprint density at radius 1 is 1.21 bits per heavy atom. The molecule has 1 aromatic rings. The number of ether oxygens (including phenoxy) is 1. The zero-order valence-corrected chi connectivity index (χ0v) is 14.7. The first-order valence-electron chi connectivity index (χ1n) is 7.39. The molecule has 0 saturated carbocycles. The fourth-order valence-corrected chi connectivity index (χ4v) is 2.70. The second kappa shape index (κ2) is 8.60. The van der Waals surface area contributed by atoms with E-state index in [0.717, 1.165) is 0 Å². The van der Waals surface area contributed by atoms with Crippen molar-refractivity contribution in [1.82, 2.24) is 10.0 Å². The van der Waals surface area contributed by atoms with Crippen molar-refractivity contribution in [3.8, 4) is 0 Å². The maximum Gasteiger partial charge on any atom is 0.338 e. The molecule has 0 heterocycles. The minimum absolute atomic E-state index is 0.0199. The van der Waals surface area contributed by atoms with Crippen molar-refractivity contribution in [2.24, 2.45) is 0 Å². The molecule has 0 aliphatic rings. The van der Waals surface area contributed by atoms with Crippen LogP contribution < -0.4 is 10.0 Å². The van der Waals surface area contributed by atoms with E-state index >= 15 is 0 Å². The third kappa shape index (κ3) is 5.78. The largest absolute Gasteiger partial charge is 0.449 e. The van der Waals surface area contributed by atoms with Gasteiger partial charge in [0.15, 0.2) is 6.10 Å². The van der Waals surface area contributed by atoms with Gasteiger partial charge in [0.2, 0.25) is 10.0 Å². The van der Waals surface area contributed by atoms with E-state index in [1.165, 1.54) is 37.3 Å². The zero-order chi connectivity index (χ0) is 18.3. The molecule has 0 fully saturated rings. The highest BCUT2D eigenvalue weighted by Gasteiger charge is 2.20. The SMILES string of the molecule is C=CCNS(=O)(=O)c1ccc(C(=O)O[C@H](C)C(=O)NC(C)C)cc1. The van der Waals surface area contributed by atoms with Crippen molar-refractivity contribution in [2.45, 2.75) is 37.8 Å². The first kappa shape index (κ1) is 19.9. The van der Waals surface area contributed by atoms with Crippen molar-refractivity contribution in [1.29, 1.82) is 0 Å². The van der Waals surface area contributed by atoms with Crippen molar-refractivity contribution in [3.63, 3.8) is 0 Å². The van der Waals surface area contributed by atoms with E-state index in [0.29, 0.717) is 0 Å². The van der Waals surface area contributed by atoms with Crippen molar-refractivity contribution in [2.75, 3.05) is 6.54 Å². The average Bonchev–Trinajstić information content (AvgIpc) is 2.52. The number of esters is 1. The van der Waals surface area contributed by atoms with Gasteiger partial charge in [0.05, 0.1) is 10.5 Å². The van der Waals surface area contributed by atoms with Crippen LogP contribution >= 0.6 is 0 Å². The number of rotatable bonds is 8. The Kier molecular flexibility index (Phi) is 7.12. The van der Waals surface area contributed by atoms with Crippen LogP contribution in [-0.2, 0) is 19.6 Å². The van der Waals surface area contributed by atoms with Crippen LogP contribution in [0.15, 0.2) is 41.8 Å². The fourth-order valence-electron chi connectivity index (χ4n) is 1.71. The van der Waals surface area contributed by atoms with E-state index in [9.17, 15) is 18.0 Å². The molecule has 0 aromatic heterocycles. The molecule has 0 radical (unpaired) electrons. The number of amides is 1. The van der Waals surface area contributed by atoms with Crippen molar-refractivity contribution in [3.05, 3.63) is 42.5 Å². The Balaban J connectivity index is 2.77. The van der Waals surface area contributed by atoms with E-state index in [-0.39, 0.29) is 23.0 Å². The lowest BCUT2D eigenvalue weighted by Crippen LogP contribution is -2.39. The number of benzene rings is 1. The summed E-state index contributed by atoms with van der Waals surface area (Å²) in [4.78, 5) is 23.7. The van der Waals surface area contributed by atoms with E-state index in [4.69, 9.17) is 4.74 Å². The Labute approximate surface area is 142 Å². The lowest BCUT2D eigenvalue weighted by atomic mass is 10.2. The van der Waals surface area contributed by atoms with Crippen LogP contribution in [0.4, 0.5) is 0 Å². The summed E-state index contributed by atoms with van der Waals surface area (Å²) < 4.78 is 31.2. The molecule has 0 aliphatic carbocycles. The van der Waals surface area contributed by atoms with Gasteiger partial charge in [0, 0.05) is 12.6 Å². The number of sulfonamides is 1. The van der Waals surface area contributed by atoms with Crippen molar-refractivity contribution < 1.29 is 22.7 Å². The highest BCUT2D eigenvalue weighted by atomic mass is 32.2. The van der Waals surface area contributed by atoms with Gasteiger partial charge < -0.3 is 10.1 Å². The van der Waals surface area contributed by atoms with Gasteiger partial charge in [-0.1, -0.05) is 6.08 Å². The van der Waals surface area contributed by atoms with Gasteiger partial charge in [-0.25, -0.2) is 17.9 Å². The highest BCUT2D eigenvalue weighted by molar-refractivity contribution is 7.89. The maximum absolute atomic E-state index is 12.0. The highest BCUT2D eigenvalue weighted by Crippen LogP contribution is 2.12. The molecule has 0 unspecified atom stereocenters. The molecule has 24 heavy (non-hydrogen) atoms. The molecule has 1 aromatic carbocycles. The Morgan fingerprint density at radius 3 is 2.29 bits per heavy atom. The second-order valence-corrected chi connectivity index (χ2v) is 7.14. The summed E-state index contributed by atoms with van der Waals surface area (Å²) in [6, 6.07) is 5.18. The van der Waals surface area contributed by atoms with Crippen LogP contribution in [0.25, 0.3) is 0 Å². The summed E-state index contributed by atoms with van der Waals surface area (Å²) in [5.74, 6) is -1.10. The molecule has 0 bridgehead atoms. The van der Waals surface area contributed by atoms with Crippen LogP contribution in [0.1, 0.15) is 31.1 Å². The van der Waals surface area contributed by atoms with E-state index < -0.39 is 28.0 Å². The number of hydrogen-bond donors (Lipinski definition) is 2. The van der Waals surface area contributed by atoms with E-state index in [1.807, 2.05) is 0 Å². The molecule has 8 heteroatoms.